The second kappa shape index (κ2) is 7.18. The topological polar surface area (TPSA) is 44.1 Å². The van der Waals surface area contributed by atoms with Gasteiger partial charge in [-0.15, -0.1) is 11.3 Å². The minimum atomic E-state index is 0.0762. The van der Waals surface area contributed by atoms with Crippen LogP contribution in [-0.4, -0.2) is 22.7 Å². The van der Waals surface area contributed by atoms with E-state index in [2.05, 4.69) is 6.07 Å². The normalized spacial score (nSPS) is 14.4. The molecule has 142 valence electrons. The summed E-state index contributed by atoms with van der Waals surface area (Å²) in [6.07, 6.45) is 4.58. The van der Waals surface area contributed by atoms with E-state index in [9.17, 15) is 4.79 Å². The Morgan fingerprint density at radius 3 is 2.72 bits per heavy atom. The van der Waals surface area contributed by atoms with Crippen molar-refractivity contribution in [3.63, 3.8) is 0 Å². The number of thiophene rings is 1. The minimum Gasteiger partial charge on any atom is -0.497 e. The molecule has 0 fully saturated rings. The van der Waals surface area contributed by atoms with Crippen molar-refractivity contribution in [1.82, 2.24) is 9.78 Å². The number of Topliss-reactive ketones (excluding diaryl/α,β-unsaturated/α-hetero) is 1. The molecule has 1 aliphatic carbocycles. The first-order valence-electron chi connectivity index (χ1n) is 9.34. The minimum absolute atomic E-state index is 0.0762. The van der Waals surface area contributed by atoms with E-state index in [4.69, 9.17) is 9.84 Å². The second-order valence-corrected chi connectivity index (χ2v) is 7.84. The number of nitrogens with zero attached hydrogens (tertiary/aromatic N) is 2. The van der Waals surface area contributed by atoms with E-state index < -0.39 is 0 Å². The third-order valence-corrected chi connectivity index (χ3v) is 5.95. The molecule has 0 saturated heterocycles. The number of carbonyl (C=O) groups excluding carboxylic acids is 1. The van der Waals surface area contributed by atoms with Gasteiger partial charge in [-0.25, -0.2) is 4.68 Å². The smallest absolute Gasteiger partial charge is 0.189 e. The van der Waals surface area contributed by atoms with Gasteiger partial charge >= 0.3 is 0 Å². The summed E-state index contributed by atoms with van der Waals surface area (Å²) in [5.41, 5.74) is 5.36. The largest absolute Gasteiger partial charge is 0.497 e. The SMILES string of the molecule is COc1ccc2c(c1)CC(=Cc1cn(-c3ccccc3)nc1-c1cccs1)C2=O. The molecule has 4 aromatic rings. The number of rotatable bonds is 4. The predicted octanol–water partition coefficient (Wildman–Crippen LogP) is 5.43. The second-order valence-electron chi connectivity index (χ2n) is 6.89. The van der Waals surface area contributed by atoms with E-state index in [0.717, 1.165) is 44.3 Å². The molecule has 2 heterocycles. The van der Waals surface area contributed by atoms with E-state index in [1.54, 1.807) is 18.4 Å². The molecular formula is C24H18N2O2S. The van der Waals surface area contributed by atoms with E-state index in [-0.39, 0.29) is 5.78 Å². The molecule has 0 saturated carbocycles. The van der Waals surface area contributed by atoms with Crippen molar-refractivity contribution in [2.24, 2.45) is 0 Å². The zero-order valence-corrected chi connectivity index (χ0v) is 16.6. The first kappa shape index (κ1) is 17.6. The predicted molar refractivity (Wildman–Crippen MR) is 116 cm³/mol. The molecule has 0 atom stereocenters. The number of methoxy groups -OCH3 is 1. The molecular weight excluding hydrogens is 380 g/mol. The van der Waals surface area contributed by atoms with Crippen LogP contribution in [0.5, 0.6) is 5.75 Å². The lowest BCUT2D eigenvalue weighted by Gasteiger charge is -2.01. The van der Waals surface area contributed by atoms with Crippen molar-refractivity contribution in [2.45, 2.75) is 6.42 Å². The van der Waals surface area contributed by atoms with Crippen LogP contribution in [0.4, 0.5) is 0 Å². The fraction of sp³-hybridized carbons (Fsp3) is 0.0833. The quantitative estimate of drug-likeness (QED) is 0.431. The van der Waals surface area contributed by atoms with Gasteiger partial charge in [-0.3, -0.25) is 4.79 Å². The highest BCUT2D eigenvalue weighted by molar-refractivity contribution is 7.13. The van der Waals surface area contributed by atoms with Crippen molar-refractivity contribution >= 4 is 23.2 Å². The van der Waals surface area contributed by atoms with Gasteiger partial charge in [-0.2, -0.15) is 5.10 Å². The molecule has 5 rings (SSSR count). The molecule has 29 heavy (non-hydrogen) atoms. The van der Waals surface area contributed by atoms with Crippen LogP contribution in [0.3, 0.4) is 0 Å². The maximum atomic E-state index is 12.9. The van der Waals surface area contributed by atoms with E-state index in [1.165, 1.54) is 0 Å². The van der Waals surface area contributed by atoms with Crippen molar-refractivity contribution < 1.29 is 9.53 Å². The van der Waals surface area contributed by atoms with E-state index in [0.29, 0.717) is 6.42 Å². The molecule has 0 unspecified atom stereocenters. The van der Waals surface area contributed by atoms with Crippen LogP contribution in [0.2, 0.25) is 0 Å². The van der Waals surface area contributed by atoms with Crippen LogP contribution < -0.4 is 4.74 Å². The van der Waals surface area contributed by atoms with Crippen LogP contribution in [0, 0.1) is 0 Å². The summed E-state index contributed by atoms with van der Waals surface area (Å²) in [5, 5.41) is 6.86. The highest BCUT2D eigenvalue weighted by Gasteiger charge is 2.26. The Balaban J connectivity index is 1.59. The van der Waals surface area contributed by atoms with E-state index in [1.807, 2.05) is 76.9 Å². The fourth-order valence-corrected chi connectivity index (χ4v) is 4.37. The zero-order valence-electron chi connectivity index (χ0n) is 15.8. The van der Waals surface area contributed by atoms with Crippen LogP contribution >= 0.6 is 11.3 Å². The van der Waals surface area contributed by atoms with Gasteiger partial charge in [-0.1, -0.05) is 24.3 Å². The number of hydrogen-bond acceptors (Lipinski definition) is 4. The Morgan fingerprint density at radius 2 is 1.97 bits per heavy atom. The number of aromatic nitrogens is 2. The number of carbonyl (C=O) groups is 1. The van der Waals surface area contributed by atoms with Crippen LogP contribution in [0.1, 0.15) is 21.5 Å². The first-order valence-corrected chi connectivity index (χ1v) is 10.2. The standard InChI is InChI=1S/C24H18N2O2S/c1-28-20-9-10-21-16(14-20)12-17(24(21)27)13-18-15-26(19-6-3-2-4-7-19)25-23(18)22-8-5-11-29-22/h2-11,13-15H,12H2,1H3. The van der Waals surface area contributed by atoms with Gasteiger partial charge in [0.1, 0.15) is 11.4 Å². The molecule has 2 aromatic heterocycles. The number of fused-ring (bicyclic) bond motifs is 1. The lowest BCUT2D eigenvalue weighted by Crippen LogP contribution is -1.95. The van der Waals surface area contributed by atoms with Crippen molar-refractivity contribution in [3.8, 4) is 22.0 Å². The summed E-state index contributed by atoms with van der Waals surface area (Å²) in [6, 6.07) is 19.7. The lowest BCUT2D eigenvalue weighted by molar-refractivity contribution is 0.104. The fourth-order valence-electron chi connectivity index (χ4n) is 3.64. The average molecular weight is 398 g/mol. The Labute approximate surface area is 172 Å². The maximum Gasteiger partial charge on any atom is 0.189 e. The van der Waals surface area contributed by atoms with Crippen molar-refractivity contribution in [3.05, 3.63) is 94.5 Å². The molecule has 5 heteroatoms. The summed E-state index contributed by atoms with van der Waals surface area (Å²) < 4.78 is 7.18. The molecule has 0 N–H and O–H groups in total. The summed E-state index contributed by atoms with van der Waals surface area (Å²) in [6.45, 7) is 0. The van der Waals surface area contributed by atoms with Gasteiger partial charge in [0.2, 0.25) is 0 Å². The third-order valence-electron chi connectivity index (χ3n) is 5.08. The number of hydrogen-bond donors (Lipinski definition) is 0. The Morgan fingerprint density at radius 1 is 1.10 bits per heavy atom. The third kappa shape index (κ3) is 3.19. The molecule has 0 amide bonds. The Kier molecular flexibility index (Phi) is 4.37. The molecule has 2 aromatic carbocycles. The van der Waals surface area contributed by atoms with Gasteiger partial charge in [0.05, 0.1) is 17.7 Å². The van der Waals surface area contributed by atoms with Gasteiger partial charge < -0.3 is 4.74 Å². The molecule has 4 nitrogen and oxygen atoms in total. The summed E-state index contributed by atoms with van der Waals surface area (Å²) in [4.78, 5) is 14.0. The van der Waals surface area contributed by atoms with Gasteiger partial charge in [-0.05, 0) is 53.4 Å². The van der Waals surface area contributed by atoms with Gasteiger partial charge in [0, 0.05) is 29.3 Å². The maximum absolute atomic E-state index is 12.9. The number of ether oxygens (including phenoxy) is 1. The van der Waals surface area contributed by atoms with Crippen LogP contribution in [0.25, 0.3) is 22.3 Å². The van der Waals surface area contributed by atoms with Crippen LogP contribution in [-0.2, 0) is 6.42 Å². The number of para-hydroxylation sites is 1. The van der Waals surface area contributed by atoms with Gasteiger partial charge in [0.15, 0.2) is 5.78 Å². The molecule has 0 bridgehead atoms. The Bertz CT molecular complexity index is 1220. The van der Waals surface area contributed by atoms with Crippen molar-refractivity contribution in [2.75, 3.05) is 7.11 Å². The molecule has 0 radical (unpaired) electrons. The van der Waals surface area contributed by atoms with Gasteiger partial charge in [0.25, 0.3) is 0 Å². The summed E-state index contributed by atoms with van der Waals surface area (Å²) in [5.74, 6) is 0.848. The van der Waals surface area contributed by atoms with Crippen molar-refractivity contribution in [1.29, 1.82) is 0 Å². The zero-order chi connectivity index (χ0) is 19.8. The molecule has 0 aliphatic heterocycles. The van der Waals surface area contributed by atoms with Crippen LogP contribution in [0.15, 0.2) is 77.8 Å². The highest BCUT2D eigenvalue weighted by atomic mass is 32.1. The van der Waals surface area contributed by atoms with E-state index >= 15 is 0 Å². The first-order chi connectivity index (χ1) is 14.2. The lowest BCUT2D eigenvalue weighted by atomic mass is 10.1. The monoisotopic (exact) mass is 398 g/mol. The number of ketones is 1. The Hall–Kier alpha value is -3.44. The summed E-state index contributed by atoms with van der Waals surface area (Å²) in [7, 11) is 1.64. The highest BCUT2D eigenvalue weighted by Crippen LogP contribution is 2.34. The average Bonchev–Trinajstić information content (AvgIpc) is 3.49. The molecule has 0 spiro atoms. The number of benzene rings is 2. The molecule has 1 aliphatic rings. The number of allylic oxidation sites excluding steroid dienone is 1. The summed E-state index contributed by atoms with van der Waals surface area (Å²) >= 11 is 1.64.